The number of halogens is 1. The lowest BCUT2D eigenvalue weighted by Gasteiger charge is -2.09. The van der Waals surface area contributed by atoms with Gasteiger partial charge in [-0.2, -0.15) is 0 Å². The summed E-state index contributed by atoms with van der Waals surface area (Å²) < 4.78 is 7.66. The van der Waals surface area contributed by atoms with Gasteiger partial charge in [-0.3, -0.25) is 4.79 Å². The minimum Gasteiger partial charge on any atom is -0.485 e. The lowest BCUT2D eigenvalue weighted by atomic mass is 10.2. The maximum Gasteiger partial charge on any atom is 0.230 e. The van der Waals surface area contributed by atoms with E-state index in [1.165, 1.54) is 11.8 Å². The second kappa shape index (κ2) is 9.61. The van der Waals surface area contributed by atoms with Crippen LogP contribution in [0.3, 0.4) is 0 Å². The lowest BCUT2D eigenvalue weighted by molar-refractivity contribution is -0.118. The van der Waals surface area contributed by atoms with Crippen molar-refractivity contribution in [3.8, 4) is 5.75 Å². The zero-order valence-corrected chi connectivity index (χ0v) is 17.3. The summed E-state index contributed by atoms with van der Waals surface area (Å²) in [5, 5.41) is 12.5. The molecule has 3 rings (SSSR count). The van der Waals surface area contributed by atoms with E-state index in [4.69, 9.17) is 16.3 Å². The summed E-state index contributed by atoms with van der Waals surface area (Å²) >= 11 is 7.20. The fraction of sp³-hybridized carbons (Fsp3) is 0.250. The number of aromatic nitrogens is 3. The number of carbonyl (C=O) groups excluding carboxylic acids is 1. The number of hydrogen-bond acceptors (Lipinski definition) is 5. The molecule has 0 aliphatic rings. The number of benzene rings is 2. The molecule has 0 unspecified atom stereocenters. The van der Waals surface area contributed by atoms with E-state index >= 15 is 0 Å². The Kier molecular flexibility index (Phi) is 6.95. The second-order valence-corrected chi connectivity index (χ2v) is 7.58. The van der Waals surface area contributed by atoms with Crippen molar-refractivity contribution in [1.29, 1.82) is 0 Å². The molecule has 2 aromatic carbocycles. The van der Waals surface area contributed by atoms with Crippen LogP contribution in [0.15, 0.2) is 53.7 Å². The van der Waals surface area contributed by atoms with Gasteiger partial charge in [-0.15, -0.1) is 10.2 Å². The first-order valence-electron chi connectivity index (χ1n) is 8.73. The van der Waals surface area contributed by atoms with Crippen molar-refractivity contribution >= 4 is 29.3 Å². The number of aryl methyl sites for hydroxylation is 1. The first-order valence-corrected chi connectivity index (χ1v) is 10.1. The number of carbonyl (C=O) groups is 1. The lowest BCUT2D eigenvalue weighted by Crippen LogP contribution is -2.24. The van der Waals surface area contributed by atoms with Crippen LogP contribution in [0.5, 0.6) is 5.75 Å². The molecule has 28 heavy (non-hydrogen) atoms. The van der Waals surface area contributed by atoms with E-state index in [1.54, 1.807) is 12.1 Å². The van der Waals surface area contributed by atoms with E-state index in [9.17, 15) is 4.79 Å². The van der Waals surface area contributed by atoms with Gasteiger partial charge in [-0.05, 0) is 36.2 Å². The third-order valence-electron chi connectivity index (χ3n) is 4.11. The molecule has 0 radical (unpaired) electrons. The normalized spacial score (nSPS) is 10.7. The number of nitrogens with zero attached hydrogens (tertiary/aromatic N) is 3. The van der Waals surface area contributed by atoms with Crippen LogP contribution in [-0.2, 0) is 25.0 Å². The highest BCUT2D eigenvalue weighted by Crippen LogP contribution is 2.19. The van der Waals surface area contributed by atoms with Crippen LogP contribution in [0, 0.1) is 6.92 Å². The van der Waals surface area contributed by atoms with Gasteiger partial charge in [-0.1, -0.05) is 53.7 Å². The first-order chi connectivity index (χ1) is 13.5. The maximum atomic E-state index is 12.1. The largest absolute Gasteiger partial charge is 0.485 e. The van der Waals surface area contributed by atoms with Crippen LogP contribution in [0.25, 0.3) is 0 Å². The van der Waals surface area contributed by atoms with E-state index < -0.39 is 0 Å². The SMILES string of the molecule is Cc1ccccc1OCc1nnc(SCC(=O)NCc2ccc(Cl)cc2)n1C. The smallest absolute Gasteiger partial charge is 0.230 e. The molecule has 0 fully saturated rings. The molecule has 3 aromatic rings. The number of amides is 1. The van der Waals surface area contributed by atoms with Gasteiger partial charge in [0.25, 0.3) is 0 Å². The summed E-state index contributed by atoms with van der Waals surface area (Å²) in [6.07, 6.45) is 0. The molecule has 1 heterocycles. The zero-order valence-electron chi connectivity index (χ0n) is 15.7. The minimum absolute atomic E-state index is 0.0688. The van der Waals surface area contributed by atoms with Gasteiger partial charge in [-0.25, -0.2) is 0 Å². The molecule has 0 atom stereocenters. The predicted molar refractivity (Wildman–Crippen MR) is 111 cm³/mol. The van der Waals surface area contributed by atoms with Gasteiger partial charge in [0.15, 0.2) is 11.0 Å². The number of nitrogens with one attached hydrogen (secondary N) is 1. The van der Waals surface area contributed by atoms with E-state index in [0.717, 1.165) is 16.9 Å². The van der Waals surface area contributed by atoms with Gasteiger partial charge >= 0.3 is 0 Å². The fourth-order valence-corrected chi connectivity index (χ4v) is 3.33. The molecule has 0 aliphatic carbocycles. The van der Waals surface area contributed by atoms with Crippen LogP contribution in [-0.4, -0.2) is 26.4 Å². The first kappa shape index (κ1) is 20.2. The number of rotatable bonds is 8. The molecule has 146 valence electrons. The molecule has 1 N–H and O–H groups in total. The standard InChI is InChI=1S/C20H21ClN4O2S/c1-14-5-3-4-6-17(14)27-12-18-23-24-20(25(18)2)28-13-19(26)22-11-15-7-9-16(21)10-8-15/h3-10H,11-13H2,1-2H3,(H,22,26). The van der Waals surface area contributed by atoms with Crippen molar-refractivity contribution in [2.75, 3.05) is 5.75 Å². The minimum atomic E-state index is -0.0688. The molecule has 1 aromatic heterocycles. The van der Waals surface area contributed by atoms with Gasteiger partial charge in [0, 0.05) is 18.6 Å². The quantitative estimate of drug-likeness (QED) is 0.566. The molecular formula is C20H21ClN4O2S. The Labute approximate surface area is 173 Å². The molecule has 0 saturated heterocycles. The molecule has 1 amide bonds. The van der Waals surface area contributed by atoms with Crippen molar-refractivity contribution in [1.82, 2.24) is 20.1 Å². The van der Waals surface area contributed by atoms with E-state index in [1.807, 2.05) is 54.9 Å². The highest BCUT2D eigenvalue weighted by atomic mass is 35.5. The molecule has 0 saturated carbocycles. The monoisotopic (exact) mass is 416 g/mol. The summed E-state index contributed by atoms with van der Waals surface area (Å²) in [6.45, 7) is 2.78. The Morgan fingerprint density at radius 1 is 1.18 bits per heavy atom. The molecule has 8 heteroatoms. The predicted octanol–water partition coefficient (Wildman–Crippen LogP) is 3.76. The van der Waals surface area contributed by atoms with Crippen molar-refractivity contribution in [3.05, 3.63) is 70.5 Å². The Balaban J connectivity index is 1.47. The summed E-state index contributed by atoms with van der Waals surface area (Å²) in [5.41, 5.74) is 2.06. The van der Waals surface area contributed by atoms with Crippen molar-refractivity contribution in [3.63, 3.8) is 0 Å². The molecule has 0 bridgehead atoms. The number of ether oxygens (including phenoxy) is 1. The molecule has 0 spiro atoms. The van der Waals surface area contributed by atoms with Crippen molar-refractivity contribution in [2.24, 2.45) is 7.05 Å². The fourth-order valence-electron chi connectivity index (χ4n) is 2.44. The van der Waals surface area contributed by atoms with Crippen LogP contribution in [0.1, 0.15) is 17.0 Å². The van der Waals surface area contributed by atoms with Gasteiger partial charge in [0.1, 0.15) is 12.4 Å². The van der Waals surface area contributed by atoms with Crippen LogP contribution < -0.4 is 10.1 Å². The van der Waals surface area contributed by atoms with Crippen LogP contribution in [0.2, 0.25) is 5.02 Å². The van der Waals surface area contributed by atoms with E-state index in [-0.39, 0.29) is 11.7 Å². The second-order valence-electron chi connectivity index (χ2n) is 6.20. The highest BCUT2D eigenvalue weighted by Gasteiger charge is 2.12. The van der Waals surface area contributed by atoms with Crippen LogP contribution in [0.4, 0.5) is 0 Å². The molecule has 6 nitrogen and oxygen atoms in total. The third-order valence-corrected chi connectivity index (χ3v) is 5.38. The number of hydrogen-bond donors (Lipinski definition) is 1. The van der Waals surface area contributed by atoms with E-state index in [2.05, 4.69) is 15.5 Å². The summed E-state index contributed by atoms with van der Waals surface area (Å²) in [4.78, 5) is 12.1. The third kappa shape index (κ3) is 5.50. The highest BCUT2D eigenvalue weighted by molar-refractivity contribution is 7.99. The van der Waals surface area contributed by atoms with Gasteiger partial charge in [0.05, 0.1) is 5.75 Å². The Bertz CT molecular complexity index is 944. The molecular weight excluding hydrogens is 396 g/mol. The maximum absolute atomic E-state index is 12.1. The van der Waals surface area contributed by atoms with E-state index in [0.29, 0.717) is 29.2 Å². The Morgan fingerprint density at radius 2 is 1.93 bits per heavy atom. The number of para-hydroxylation sites is 1. The van der Waals surface area contributed by atoms with Crippen molar-refractivity contribution in [2.45, 2.75) is 25.2 Å². The Hall–Kier alpha value is -2.51. The van der Waals surface area contributed by atoms with Crippen LogP contribution >= 0.6 is 23.4 Å². The van der Waals surface area contributed by atoms with Gasteiger partial charge in [0.2, 0.25) is 5.91 Å². The summed E-state index contributed by atoms with van der Waals surface area (Å²) in [6, 6.07) is 15.2. The summed E-state index contributed by atoms with van der Waals surface area (Å²) in [7, 11) is 1.87. The zero-order chi connectivity index (χ0) is 19.9. The molecule has 0 aliphatic heterocycles. The van der Waals surface area contributed by atoms with Crippen molar-refractivity contribution < 1.29 is 9.53 Å². The average molecular weight is 417 g/mol. The topological polar surface area (TPSA) is 69.0 Å². The Morgan fingerprint density at radius 3 is 2.68 bits per heavy atom. The average Bonchev–Trinajstić information content (AvgIpc) is 3.05. The van der Waals surface area contributed by atoms with Gasteiger partial charge < -0.3 is 14.6 Å². The number of thioether (sulfide) groups is 1. The summed E-state index contributed by atoms with van der Waals surface area (Å²) in [5.74, 6) is 1.72.